The van der Waals surface area contributed by atoms with Gasteiger partial charge in [-0.05, 0) is 69.8 Å². The molecule has 6 fully saturated rings. The summed E-state index contributed by atoms with van der Waals surface area (Å²) in [5, 5.41) is 0. The van der Waals surface area contributed by atoms with Crippen LogP contribution in [0.15, 0.2) is 22.8 Å². The molecule has 7 aliphatic rings. The van der Waals surface area contributed by atoms with E-state index in [1.54, 1.807) is 13.0 Å². The van der Waals surface area contributed by atoms with Gasteiger partial charge in [-0.2, -0.15) is 0 Å². The van der Waals surface area contributed by atoms with Crippen LogP contribution in [0.2, 0.25) is 0 Å². The van der Waals surface area contributed by atoms with Crippen LogP contribution in [0.1, 0.15) is 126 Å². The maximum atomic E-state index is 13.7. The van der Waals surface area contributed by atoms with Crippen molar-refractivity contribution in [3.8, 4) is 0 Å². The molecule has 0 aromatic carbocycles. The van der Waals surface area contributed by atoms with Gasteiger partial charge in [-0.3, -0.25) is 9.59 Å². The van der Waals surface area contributed by atoms with E-state index in [-0.39, 0.29) is 53.9 Å². The van der Waals surface area contributed by atoms with E-state index in [0.29, 0.717) is 30.4 Å². The molecule has 290 valence electrons. The summed E-state index contributed by atoms with van der Waals surface area (Å²) in [7, 11) is 1.45. The first kappa shape index (κ1) is 38.1. The highest BCUT2D eigenvalue weighted by atomic mass is 16.6. The van der Waals surface area contributed by atoms with Gasteiger partial charge < -0.3 is 28.4 Å². The summed E-state index contributed by atoms with van der Waals surface area (Å²) in [5.74, 6) is -0.608. The van der Waals surface area contributed by atoms with E-state index in [0.717, 1.165) is 26.1 Å². The summed E-state index contributed by atoms with van der Waals surface area (Å²) in [6.45, 7) is 16.0. The second-order valence-corrected chi connectivity index (χ2v) is 18.3. The average Bonchev–Trinajstić information content (AvgIpc) is 3.89. The molecule has 0 N–H and O–H groups in total. The minimum atomic E-state index is -0.731. The molecule has 3 saturated carbocycles. The van der Waals surface area contributed by atoms with Crippen molar-refractivity contribution in [3.05, 3.63) is 22.8 Å². The highest BCUT2D eigenvalue weighted by molar-refractivity contribution is 5.87. The molecule has 0 aromatic rings. The second-order valence-electron chi connectivity index (χ2n) is 18.3. The lowest BCUT2D eigenvalue weighted by Crippen LogP contribution is -2.71. The predicted octanol–water partition coefficient (Wildman–Crippen LogP) is 7.69. The van der Waals surface area contributed by atoms with Gasteiger partial charge in [-0.1, -0.05) is 70.9 Å². The van der Waals surface area contributed by atoms with Crippen molar-refractivity contribution in [1.82, 2.24) is 0 Å². The first-order valence-corrected chi connectivity index (χ1v) is 20.4. The molecule has 0 aromatic heterocycles. The fourth-order valence-corrected chi connectivity index (χ4v) is 13.5. The highest BCUT2D eigenvalue weighted by Gasteiger charge is 2.78. The van der Waals surface area contributed by atoms with Crippen LogP contribution in [0.3, 0.4) is 0 Å². The standard InChI is InChI=1S/C43H64O9/c1-9-25(2)39(46)52-33-22-32(50-27(4)44)40(5)23-49-36-37(40)41(33,6)31(21-34(45)47-8)42(7)35-26(3)29(20-30(35)51-38(36)42)43(18-19-48-24-43)28-16-14-12-10-11-13-15-17-28/h9,28-33,36-38H,10-24H2,1-8H3/b25-9+/t29-,30-,31-,32-,33+,36-,37?,38-,40-,41+,42-,43?/m1/s1. The molecule has 9 heteroatoms. The van der Waals surface area contributed by atoms with Gasteiger partial charge in [0.05, 0.1) is 38.6 Å². The van der Waals surface area contributed by atoms with Gasteiger partial charge in [0.1, 0.15) is 12.2 Å². The Hall–Kier alpha value is -2.23. The zero-order chi connectivity index (χ0) is 37.2. The number of methoxy groups -OCH3 is 1. The van der Waals surface area contributed by atoms with Gasteiger partial charge in [-0.25, -0.2) is 4.79 Å². The van der Waals surface area contributed by atoms with Crippen molar-refractivity contribution in [2.75, 3.05) is 26.9 Å². The molecule has 12 atom stereocenters. The Kier molecular flexibility index (Phi) is 10.3. The lowest BCUT2D eigenvalue weighted by Gasteiger charge is -2.65. The number of allylic oxidation sites excluding steroid dienone is 2. The topological polar surface area (TPSA) is 107 Å². The maximum absolute atomic E-state index is 13.7. The Labute approximate surface area is 311 Å². The van der Waals surface area contributed by atoms with E-state index < -0.39 is 34.4 Å². The van der Waals surface area contributed by atoms with Crippen LogP contribution in [-0.4, -0.2) is 75.4 Å². The zero-order valence-corrected chi connectivity index (χ0v) is 33.1. The number of hydrogen-bond donors (Lipinski definition) is 0. The van der Waals surface area contributed by atoms with E-state index >= 15 is 0 Å². The molecule has 2 unspecified atom stereocenters. The third-order valence-electron chi connectivity index (χ3n) is 16.0. The number of carbonyl (C=O) groups excluding carboxylic acids is 3. The third kappa shape index (κ3) is 5.67. The summed E-state index contributed by atoms with van der Waals surface area (Å²) in [6.07, 6.45) is 12.7. The van der Waals surface area contributed by atoms with E-state index in [1.165, 1.54) is 76.5 Å². The number of hydrogen-bond acceptors (Lipinski definition) is 9. The summed E-state index contributed by atoms with van der Waals surface area (Å²) in [6, 6.07) is 0. The second kappa shape index (κ2) is 14.1. The molecular formula is C43H64O9. The lowest BCUT2D eigenvalue weighted by atomic mass is 9.39. The van der Waals surface area contributed by atoms with E-state index in [1.807, 2.05) is 6.92 Å². The van der Waals surface area contributed by atoms with Crippen LogP contribution in [-0.2, 0) is 42.8 Å². The Morgan fingerprint density at radius 3 is 2.23 bits per heavy atom. The van der Waals surface area contributed by atoms with Crippen LogP contribution in [0.4, 0.5) is 0 Å². The number of ether oxygens (including phenoxy) is 6. The number of carbonyl (C=O) groups is 3. The van der Waals surface area contributed by atoms with Crippen LogP contribution in [0, 0.1) is 45.3 Å². The molecule has 7 rings (SSSR count). The predicted molar refractivity (Wildman–Crippen MR) is 195 cm³/mol. The Balaban J connectivity index is 1.36. The number of esters is 3. The van der Waals surface area contributed by atoms with Crippen LogP contribution in [0.25, 0.3) is 0 Å². The molecule has 52 heavy (non-hydrogen) atoms. The van der Waals surface area contributed by atoms with Gasteiger partial charge in [-0.15, -0.1) is 0 Å². The Morgan fingerprint density at radius 1 is 0.923 bits per heavy atom. The SMILES string of the molecule is C/C=C(\C)C(=O)O[C@H]1C[C@@H](OC(C)=O)[C@@]2(C)CO[C@@H]3C2[C@@]1(C)[C@@H](CC(=O)OC)[C@]1(C)C2=C(C)[C@H](C4(C5CCCCCCCC5)CCOC4)C[C@H]2O[C@H]31. The summed E-state index contributed by atoms with van der Waals surface area (Å²) in [4.78, 5) is 39.9. The molecule has 0 bridgehead atoms. The largest absolute Gasteiger partial charge is 0.469 e. The normalized spacial score (nSPS) is 45.0. The Bertz CT molecular complexity index is 1470. The molecule has 0 amide bonds. The molecule has 3 aliphatic heterocycles. The van der Waals surface area contributed by atoms with Crippen molar-refractivity contribution in [2.24, 2.45) is 45.3 Å². The van der Waals surface area contributed by atoms with Gasteiger partial charge in [0.2, 0.25) is 0 Å². The van der Waals surface area contributed by atoms with Gasteiger partial charge >= 0.3 is 17.9 Å². The van der Waals surface area contributed by atoms with E-state index in [9.17, 15) is 14.4 Å². The smallest absolute Gasteiger partial charge is 0.333 e. The number of rotatable bonds is 7. The average molecular weight is 725 g/mol. The van der Waals surface area contributed by atoms with Gasteiger partial charge in [0, 0.05) is 59.5 Å². The van der Waals surface area contributed by atoms with Gasteiger partial charge in [0.25, 0.3) is 0 Å². The van der Waals surface area contributed by atoms with Crippen molar-refractivity contribution in [1.29, 1.82) is 0 Å². The summed E-state index contributed by atoms with van der Waals surface area (Å²) < 4.78 is 38.6. The van der Waals surface area contributed by atoms with Crippen molar-refractivity contribution in [2.45, 2.75) is 156 Å². The number of fused-ring (bicyclic) bond motifs is 4. The first-order valence-electron chi connectivity index (χ1n) is 20.4. The molecular weight excluding hydrogens is 660 g/mol. The molecule has 9 nitrogen and oxygen atoms in total. The maximum Gasteiger partial charge on any atom is 0.333 e. The quantitative estimate of drug-likeness (QED) is 0.113. The van der Waals surface area contributed by atoms with Crippen molar-refractivity contribution >= 4 is 17.9 Å². The fraction of sp³-hybridized carbons (Fsp3) is 0.837. The molecule has 3 heterocycles. The third-order valence-corrected chi connectivity index (χ3v) is 16.0. The van der Waals surface area contributed by atoms with E-state index in [4.69, 9.17) is 28.4 Å². The van der Waals surface area contributed by atoms with Gasteiger partial charge in [0.15, 0.2) is 0 Å². The summed E-state index contributed by atoms with van der Waals surface area (Å²) >= 11 is 0. The summed E-state index contributed by atoms with van der Waals surface area (Å²) in [5.41, 5.74) is 1.42. The van der Waals surface area contributed by atoms with E-state index in [2.05, 4.69) is 27.7 Å². The van der Waals surface area contributed by atoms with Crippen molar-refractivity contribution < 1.29 is 42.8 Å². The first-order chi connectivity index (χ1) is 24.8. The monoisotopic (exact) mass is 724 g/mol. The van der Waals surface area contributed by atoms with Crippen LogP contribution >= 0.6 is 0 Å². The fourth-order valence-electron chi connectivity index (χ4n) is 13.5. The van der Waals surface area contributed by atoms with Crippen LogP contribution < -0.4 is 0 Å². The Morgan fingerprint density at radius 2 is 1.62 bits per heavy atom. The molecule has 0 radical (unpaired) electrons. The minimum Gasteiger partial charge on any atom is -0.469 e. The highest BCUT2D eigenvalue weighted by Crippen LogP contribution is 2.74. The molecule has 0 spiro atoms. The minimum absolute atomic E-state index is 0.0759. The van der Waals surface area contributed by atoms with Crippen molar-refractivity contribution in [3.63, 3.8) is 0 Å². The molecule has 4 aliphatic carbocycles. The van der Waals surface area contributed by atoms with Crippen LogP contribution in [0.5, 0.6) is 0 Å². The zero-order valence-electron chi connectivity index (χ0n) is 33.1. The molecule has 3 saturated heterocycles. The lowest BCUT2D eigenvalue weighted by molar-refractivity contribution is -0.251.